The molecule has 0 aliphatic heterocycles. The van der Waals surface area contributed by atoms with Crippen LogP contribution in [-0.2, 0) is 17.2 Å². The average molecular weight is 354 g/mol. The van der Waals surface area contributed by atoms with Crippen molar-refractivity contribution in [2.45, 2.75) is 38.9 Å². The maximum Gasteiger partial charge on any atom is 0.191 e. The molecule has 0 fully saturated rings. The summed E-state index contributed by atoms with van der Waals surface area (Å²) in [5.74, 6) is 2.24. The number of aliphatic imine (C=N–C) groups is 1. The van der Waals surface area contributed by atoms with E-state index in [0.29, 0.717) is 12.3 Å². The van der Waals surface area contributed by atoms with Crippen LogP contribution in [-0.4, -0.2) is 47.9 Å². The molecule has 1 aromatic carbocycles. The molecule has 6 heteroatoms. The second-order valence-electron chi connectivity index (χ2n) is 6.65. The van der Waals surface area contributed by atoms with E-state index in [-0.39, 0.29) is 4.75 Å². The number of methoxy groups -OCH3 is 1. The van der Waals surface area contributed by atoms with E-state index in [1.807, 2.05) is 32.9 Å². The van der Waals surface area contributed by atoms with Crippen molar-refractivity contribution < 1.29 is 8.95 Å². The summed E-state index contributed by atoms with van der Waals surface area (Å²) in [6.45, 7) is 9.44. The van der Waals surface area contributed by atoms with Crippen LogP contribution in [0.5, 0.6) is 5.75 Å². The Balaban J connectivity index is 2.43. The molecule has 0 saturated carbocycles. The molecule has 0 aliphatic rings. The highest BCUT2D eigenvalue weighted by Gasteiger charge is 2.18. The van der Waals surface area contributed by atoms with Gasteiger partial charge in [-0.25, -0.2) is 0 Å². The quantitative estimate of drug-likeness (QED) is 0.583. The first-order chi connectivity index (χ1) is 11.3. The Kier molecular flexibility index (Phi) is 8.25. The highest BCUT2D eigenvalue weighted by atomic mass is 32.2. The van der Waals surface area contributed by atoms with Crippen LogP contribution < -0.4 is 15.4 Å². The van der Waals surface area contributed by atoms with Gasteiger partial charge in [-0.2, -0.15) is 0 Å². The van der Waals surface area contributed by atoms with Crippen LogP contribution in [0.15, 0.2) is 23.2 Å². The molecule has 0 radical (unpaired) electrons. The fourth-order valence-electron chi connectivity index (χ4n) is 2.21. The van der Waals surface area contributed by atoms with Crippen LogP contribution in [0, 0.1) is 6.92 Å². The topological polar surface area (TPSA) is 62.7 Å². The molecular weight excluding hydrogens is 322 g/mol. The zero-order chi connectivity index (χ0) is 18.2. The minimum absolute atomic E-state index is 0.180. The number of aryl methyl sites for hydroxylation is 1. The van der Waals surface area contributed by atoms with Crippen molar-refractivity contribution in [3.63, 3.8) is 0 Å². The number of guanidine groups is 1. The van der Waals surface area contributed by atoms with Crippen molar-refractivity contribution in [3.05, 3.63) is 29.3 Å². The Morgan fingerprint density at radius 2 is 1.92 bits per heavy atom. The number of rotatable bonds is 7. The van der Waals surface area contributed by atoms with Gasteiger partial charge in [-0.3, -0.25) is 9.20 Å². The van der Waals surface area contributed by atoms with Gasteiger partial charge in [0, 0.05) is 41.4 Å². The monoisotopic (exact) mass is 353 g/mol. The van der Waals surface area contributed by atoms with E-state index in [4.69, 9.17) is 4.74 Å². The van der Waals surface area contributed by atoms with Crippen molar-refractivity contribution in [2.24, 2.45) is 4.99 Å². The molecule has 0 aliphatic carbocycles. The van der Waals surface area contributed by atoms with E-state index in [1.54, 1.807) is 14.2 Å². The van der Waals surface area contributed by atoms with Crippen LogP contribution in [0.4, 0.5) is 0 Å². The van der Waals surface area contributed by atoms with Crippen LogP contribution in [0.2, 0.25) is 0 Å². The Morgan fingerprint density at radius 3 is 2.50 bits per heavy atom. The van der Waals surface area contributed by atoms with Gasteiger partial charge in [-0.05, 0) is 45.7 Å². The van der Waals surface area contributed by atoms with Gasteiger partial charge in [0.05, 0.1) is 7.11 Å². The lowest BCUT2D eigenvalue weighted by atomic mass is 10.1. The zero-order valence-electron chi connectivity index (χ0n) is 15.7. The molecule has 0 saturated heterocycles. The standard InChI is InChI=1S/C18H31N3O2S/c1-14-7-8-16(23-6)15(13-14)9-10-20-17(19-5)21-11-12-24(22)18(2,3)4/h7-8,13H,9-12H2,1-6H3,(H2,19,20,21). The Bertz CT molecular complexity index is 580. The lowest BCUT2D eigenvalue weighted by Crippen LogP contribution is -2.41. The average Bonchev–Trinajstić information content (AvgIpc) is 2.52. The Labute approximate surface area is 148 Å². The van der Waals surface area contributed by atoms with E-state index in [1.165, 1.54) is 11.1 Å². The van der Waals surface area contributed by atoms with Crippen molar-refractivity contribution in [2.75, 3.05) is 33.0 Å². The van der Waals surface area contributed by atoms with E-state index in [9.17, 15) is 4.21 Å². The molecule has 0 aromatic heterocycles. The van der Waals surface area contributed by atoms with Gasteiger partial charge in [0.2, 0.25) is 0 Å². The van der Waals surface area contributed by atoms with Gasteiger partial charge < -0.3 is 15.4 Å². The first-order valence-electron chi connectivity index (χ1n) is 8.24. The van der Waals surface area contributed by atoms with Gasteiger partial charge in [-0.15, -0.1) is 0 Å². The van der Waals surface area contributed by atoms with Gasteiger partial charge in [0.1, 0.15) is 5.75 Å². The molecule has 0 bridgehead atoms. The molecule has 1 aromatic rings. The first-order valence-corrected chi connectivity index (χ1v) is 9.56. The second kappa shape index (κ2) is 9.67. The van der Waals surface area contributed by atoms with Gasteiger partial charge in [0.15, 0.2) is 5.96 Å². The Hall–Kier alpha value is -1.56. The van der Waals surface area contributed by atoms with Crippen LogP contribution >= 0.6 is 0 Å². The smallest absolute Gasteiger partial charge is 0.191 e. The van der Waals surface area contributed by atoms with E-state index in [2.05, 4.69) is 28.6 Å². The summed E-state index contributed by atoms with van der Waals surface area (Å²) in [5.41, 5.74) is 2.40. The molecule has 24 heavy (non-hydrogen) atoms. The number of hydrogen-bond acceptors (Lipinski definition) is 3. The third-order valence-electron chi connectivity index (χ3n) is 3.61. The maximum atomic E-state index is 12.0. The van der Waals surface area contributed by atoms with Gasteiger partial charge in [-0.1, -0.05) is 17.7 Å². The third-order valence-corrected chi connectivity index (χ3v) is 5.55. The van der Waals surface area contributed by atoms with E-state index in [0.717, 1.165) is 24.7 Å². The predicted octanol–water partition coefficient (Wildman–Crippen LogP) is 2.26. The van der Waals surface area contributed by atoms with Crippen molar-refractivity contribution in [1.29, 1.82) is 0 Å². The number of ether oxygens (including phenoxy) is 1. The van der Waals surface area contributed by atoms with E-state index >= 15 is 0 Å². The molecule has 5 nitrogen and oxygen atoms in total. The van der Waals surface area contributed by atoms with Crippen molar-refractivity contribution in [1.82, 2.24) is 10.6 Å². The minimum atomic E-state index is -0.860. The molecule has 0 heterocycles. The van der Waals surface area contributed by atoms with Crippen molar-refractivity contribution >= 4 is 16.8 Å². The normalized spacial score (nSPS) is 13.5. The number of nitrogens with one attached hydrogen (secondary N) is 2. The molecule has 1 atom stereocenters. The molecule has 1 unspecified atom stereocenters. The third kappa shape index (κ3) is 6.91. The molecule has 136 valence electrons. The number of nitrogens with zero attached hydrogens (tertiary/aromatic N) is 1. The first kappa shape index (κ1) is 20.5. The van der Waals surface area contributed by atoms with Gasteiger partial charge >= 0.3 is 0 Å². The fraction of sp³-hybridized carbons (Fsp3) is 0.611. The predicted molar refractivity (Wildman–Crippen MR) is 104 cm³/mol. The minimum Gasteiger partial charge on any atom is -0.496 e. The summed E-state index contributed by atoms with van der Waals surface area (Å²) >= 11 is 0. The van der Waals surface area contributed by atoms with Crippen LogP contribution in [0.1, 0.15) is 31.9 Å². The summed E-state index contributed by atoms with van der Waals surface area (Å²) in [7, 11) is 2.57. The Morgan fingerprint density at radius 1 is 1.25 bits per heavy atom. The van der Waals surface area contributed by atoms with Crippen LogP contribution in [0.25, 0.3) is 0 Å². The lowest BCUT2D eigenvalue weighted by molar-refractivity contribution is 0.409. The van der Waals surface area contributed by atoms with Crippen molar-refractivity contribution in [3.8, 4) is 5.75 Å². The summed E-state index contributed by atoms with van der Waals surface area (Å²) < 4.78 is 17.3. The number of benzene rings is 1. The highest BCUT2D eigenvalue weighted by Crippen LogP contribution is 2.19. The van der Waals surface area contributed by atoms with E-state index < -0.39 is 10.8 Å². The zero-order valence-corrected chi connectivity index (χ0v) is 16.5. The van der Waals surface area contributed by atoms with Gasteiger partial charge in [0.25, 0.3) is 0 Å². The second-order valence-corrected chi connectivity index (χ2v) is 8.98. The van der Waals surface area contributed by atoms with Crippen LogP contribution in [0.3, 0.4) is 0 Å². The molecular formula is C18H31N3O2S. The fourth-order valence-corrected chi connectivity index (χ4v) is 3.11. The summed E-state index contributed by atoms with van der Waals surface area (Å²) in [6, 6.07) is 6.19. The molecule has 0 amide bonds. The molecule has 2 N–H and O–H groups in total. The maximum absolute atomic E-state index is 12.0. The number of hydrogen-bond donors (Lipinski definition) is 2. The summed E-state index contributed by atoms with van der Waals surface area (Å²) in [5, 5.41) is 6.50. The largest absolute Gasteiger partial charge is 0.496 e. The lowest BCUT2D eigenvalue weighted by Gasteiger charge is -2.18. The molecule has 0 spiro atoms. The summed E-state index contributed by atoms with van der Waals surface area (Å²) in [4.78, 5) is 4.20. The highest BCUT2D eigenvalue weighted by molar-refractivity contribution is 7.86. The SMILES string of the molecule is CN=C(NCCc1cc(C)ccc1OC)NCCS(=O)C(C)(C)C. The summed E-state index contributed by atoms with van der Waals surface area (Å²) in [6.07, 6.45) is 0.847. The molecule has 1 rings (SSSR count).